The standard InChI is InChI=1S/C39H69NO5/c1-29(2)7-6-8-30(3)34-11-12-35-33-10-9-32-27-31(13-15-38(32,4)36(33)14-16-39(34,35)5)37-28-40-17-18-41-19-20-42-21-22-43-23-24-44-25-26-45-37/h9,29-31,33-37,40H,6-8,10-28H2,1-5H3/t30-,31?,33?,34-,35?,36?,37?,38+,39-/m1/s1. The first-order chi connectivity index (χ1) is 21.8. The molecule has 5 rings (SSSR count). The number of hydrogen-bond acceptors (Lipinski definition) is 6. The summed E-state index contributed by atoms with van der Waals surface area (Å²) in [6.45, 7) is 20.1. The van der Waals surface area contributed by atoms with Gasteiger partial charge in [0.2, 0.25) is 0 Å². The number of nitrogens with one attached hydrogen (secondary N) is 1. The second kappa shape index (κ2) is 17.2. The van der Waals surface area contributed by atoms with Crippen molar-refractivity contribution in [2.45, 2.75) is 111 Å². The third-order valence-electron chi connectivity index (χ3n) is 13.3. The first kappa shape index (κ1) is 35.8. The fraction of sp³-hybridized carbons (Fsp3) is 0.949. The zero-order chi connectivity index (χ0) is 31.7. The predicted octanol–water partition coefficient (Wildman–Crippen LogP) is 7.70. The monoisotopic (exact) mass is 632 g/mol. The van der Waals surface area contributed by atoms with E-state index >= 15 is 0 Å². The summed E-state index contributed by atoms with van der Waals surface area (Å²) in [6.07, 6.45) is 18.1. The van der Waals surface area contributed by atoms with Crippen molar-refractivity contribution >= 4 is 0 Å². The van der Waals surface area contributed by atoms with Gasteiger partial charge in [0.05, 0.1) is 65.6 Å². The van der Waals surface area contributed by atoms with Crippen LogP contribution in [-0.2, 0) is 23.7 Å². The van der Waals surface area contributed by atoms with Crippen LogP contribution in [0.3, 0.4) is 0 Å². The lowest BCUT2D eigenvalue weighted by Crippen LogP contribution is -2.51. The smallest absolute Gasteiger partial charge is 0.0731 e. The predicted molar refractivity (Wildman–Crippen MR) is 182 cm³/mol. The van der Waals surface area contributed by atoms with E-state index in [1.807, 2.05) is 0 Å². The van der Waals surface area contributed by atoms with Crippen LogP contribution in [-0.4, -0.2) is 78.7 Å². The van der Waals surface area contributed by atoms with Crippen LogP contribution in [0.2, 0.25) is 0 Å². The molecule has 0 aromatic heterocycles. The van der Waals surface area contributed by atoms with E-state index in [0.29, 0.717) is 76.2 Å². The molecule has 45 heavy (non-hydrogen) atoms. The first-order valence-electron chi connectivity index (χ1n) is 19.2. The Bertz CT molecular complexity index is 892. The van der Waals surface area contributed by atoms with Crippen LogP contribution in [0.1, 0.15) is 105 Å². The van der Waals surface area contributed by atoms with Crippen molar-refractivity contribution in [2.75, 3.05) is 72.6 Å². The van der Waals surface area contributed by atoms with Crippen molar-refractivity contribution in [3.05, 3.63) is 11.6 Å². The lowest BCUT2D eigenvalue weighted by atomic mass is 9.46. The van der Waals surface area contributed by atoms with E-state index in [4.69, 9.17) is 23.7 Å². The van der Waals surface area contributed by atoms with Gasteiger partial charge in [0.15, 0.2) is 0 Å². The molecule has 0 bridgehead atoms. The van der Waals surface area contributed by atoms with E-state index in [1.165, 1.54) is 70.6 Å². The molecule has 4 aliphatic carbocycles. The molecular weight excluding hydrogens is 562 g/mol. The van der Waals surface area contributed by atoms with Gasteiger partial charge in [-0.3, -0.25) is 0 Å². The van der Waals surface area contributed by atoms with Crippen LogP contribution in [0.15, 0.2) is 11.6 Å². The highest BCUT2D eigenvalue weighted by Crippen LogP contribution is 2.67. The van der Waals surface area contributed by atoms with Gasteiger partial charge in [0, 0.05) is 13.1 Å². The number of fused-ring (bicyclic) bond motifs is 5. The highest BCUT2D eigenvalue weighted by Gasteiger charge is 2.59. The SMILES string of the molecule is CC(C)CCC[C@@H](C)[C@H]1CCC2C3CC=C4CC(C5CNCCOCCOCCOCCOCCO5)CC[C@]4(C)C3CC[C@@]21C. The molecule has 0 aromatic carbocycles. The van der Waals surface area contributed by atoms with Crippen LogP contribution in [0.4, 0.5) is 0 Å². The van der Waals surface area contributed by atoms with Crippen molar-refractivity contribution in [3.63, 3.8) is 0 Å². The van der Waals surface area contributed by atoms with Crippen molar-refractivity contribution in [1.82, 2.24) is 5.32 Å². The third kappa shape index (κ3) is 8.95. The van der Waals surface area contributed by atoms with E-state index in [0.717, 1.165) is 48.6 Å². The lowest BCUT2D eigenvalue weighted by Gasteiger charge is -2.59. The van der Waals surface area contributed by atoms with Gasteiger partial charge in [-0.15, -0.1) is 0 Å². The van der Waals surface area contributed by atoms with Gasteiger partial charge in [-0.25, -0.2) is 0 Å². The summed E-state index contributed by atoms with van der Waals surface area (Å²) < 4.78 is 29.4. The second-order valence-corrected chi connectivity index (χ2v) is 16.4. The minimum atomic E-state index is 0.206. The van der Waals surface area contributed by atoms with Gasteiger partial charge in [-0.2, -0.15) is 0 Å². The molecule has 6 heteroatoms. The average Bonchev–Trinajstić information content (AvgIpc) is 3.38. The maximum Gasteiger partial charge on any atom is 0.0731 e. The van der Waals surface area contributed by atoms with Gasteiger partial charge in [-0.05, 0) is 104 Å². The highest BCUT2D eigenvalue weighted by atomic mass is 16.6. The van der Waals surface area contributed by atoms with E-state index < -0.39 is 0 Å². The van der Waals surface area contributed by atoms with Crippen LogP contribution in [0.5, 0.6) is 0 Å². The summed E-state index contributed by atoms with van der Waals surface area (Å²) in [7, 11) is 0. The summed E-state index contributed by atoms with van der Waals surface area (Å²) in [6, 6.07) is 0. The quantitative estimate of drug-likeness (QED) is 0.303. The van der Waals surface area contributed by atoms with Crippen LogP contribution in [0, 0.1) is 52.3 Å². The molecule has 5 unspecified atom stereocenters. The number of ether oxygens (including phenoxy) is 5. The Morgan fingerprint density at radius 2 is 1.47 bits per heavy atom. The zero-order valence-electron chi connectivity index (χ0n) is 29.8. The summed E-state index contributed by atoms with van der Waals surface area (Å²) in [5.74, 6) is 5.90. The average molecular weight is 632 g/mol. The molecule has 9 atom stereocenters. The largest absolute Gasteiger partial charge is 0.378 e. The molecule has 260 valence electrons. The van der Waals surface area contributed by atoms with Crippen molar-refractivity contribution < 1.29 is 23.7 Å². The number of allylic oxidation sites excluding steroid dienone is 2. The van der Waals surface area contributed by atoms with E-state index in [9.17, 15) is 0 Å². The molecule has 0 spiro atoms. The molecule has 1 aliphatic heterocycles. The molecule has 1 heterocycles. The van der Waals surface area contributed by atoms with Crippen molar-refractivity contribution in [2.24, 2.45) is 52.3 Å². The summed E-state index contributed by atoms with van der Waals surface area (Å²) in [4.78, 5) is 0. The van der Waals surface area contributed by atoms with Crippen LogP contribution >= 0.6 is 0 Å². The fourth-order valence-electron chi connectivity index (χ4n) is 10.8. The van der Waals surface area contributed by atoms with Gasteiger partial charge < -0.3 is 29.0 Å². The molecule has 1 saturated heterocycles. The Labute approximate surface area is 276 Å². The molecule has 5 aliphatic rings. The Morgan fingerprint density at radius 3 is 2.18 bits per heavy atom. The molecule has 3 saturated carbocycles. The minimum Gasteiger partial charge on any atom is -0.378 e. The van der Waals surface area contributed by atoms with Gasteiger partial charge in [-0.1, -0.05) is 65.5 Å². The van der Waals surface area contributed by atoms with Gasteiger partial charge >= 0.3 is 0 Å². The lowest BCUT2D eigenvalue weighted by molar-refractivity contribution is -0.0677. The summed E-state index contributed by atoms with van der Waals surface area (Å²) >= 11 is 0. The fourth-order valence-corrected chi connectivity index (χ4v) is 10.8. The molecule has 0 aromatic rings. The maximum atomic E-state index is 6.58. The highest BCUT2D eigenvalue weighted by molar-refractivity contribution is 5.25. The van der Waals surface area contributed by atoms with E-state index in [-0.39, 0.29) is 6.10 Å². The first-order valence-corrected chi connectivity index (χ1v) is 19.2. The Hall–Kier alpha value is -0.500. The topological polar surface area (TPSA) is 58.2 Å². The molecule has 4 fully saturated rings. The van der Waals surface area contributed by atoms with Crippen LogP contribution in [0.25, 0.3) is 0 Å². The molecule has 1 N–H and O–H groups in total. The van der Waals surface area contributed by atoms with Gasteiger partial charge in [0.25, 0.3) is 0 Å². The summed E-state index contributed by atoms with van der Waals surface area (Å²) in [5, 5.41) is 3.65. The zero-order valence-corrected chi connectivity index (χ0v) is 29.8. The number of rotatable bonds is 6. The van der Waals surface area contributed by atoms with Crippen molar-refractivity contribution in [1.29, 1.82) is 0 Å². The Kier molecular flexibility index (Phi) is 13.7. The molecule has 0 amide bonds. The second-order valence-electron chi connectivity index (χ2n) is 16.4. The minimum absolute atomic E-state index is 0.206. The third-order valence-corrected chi connectivity index (χ3v) is 13.3. The normalized spacial score (nSPS) is 40.4. The number of hydrogen-bond donors (Lipinski definition) is 1. The Morgan fingerprint density at radius 1 is 0.778 bits per heavy atom. The molecule has 6 nitrogen and oxygen atoms in total. The van der Waals surface area contributed by atoms with Crippen molar-refractivity contribution in [3.8, 4) is 0 Å². The maximum absolute atomic E-state index is 6.58. The molecular formula is C39H69NO5. The van der Waals surface area contributed by atoms with Crippen LogP contribution < -0.4 is 5.32 Å². The molecule has 0 radical (unpaired) electrons. The van der Waals surface area contributed by atoms with E-state index in [1.54, 1.807) is 5.57 Å². The van der Waals surface area contributed by atoms with E-state index in [2.05, 4.69) is 46.0 Å². The summed E-state index contributed by atoms with van der Waals surface area (Å²) in [5.41, 5.74) is 2.70. The Balaban J connectivity index is 1.19. The van der Waals surface area contributed by atoms with Gasteiger partial charge in [0.1, 0.15) is 0 Å².